The maximum Gasteiger partial charge on any atom is 0.228 e. The van der Waals surface area contributed by atoms with Gasteiger partial charge in [-0.1, -0.05) is 0 Å². The van der Waals surface area contributed by atoms with Gasteiger partial charge in [-0.3, -0.25) is 9.89 Å². The summed E-state index contributed by atoms with van der Waals surface area (Å²) in [6.45, 7) is 1.49. The normalized spacial score (nSPS) is 21.1. The number of rotatable bonds is 3. The number of H-pyrrole nitrogens is 1. The summed E-state index contributed by atoms with van der Waals surface area (Å²) in [5.41, 5.74) is 0.803. The Labute approximate surface area is 93.2 Å². The molecule has 1 amide bonds. The summed E-state index contributed by atoms with van der Waals surface area (Å²) in [6, 6.07) is 1.78. The Hall–Kier alpha value is -1.40. The SMILES string of the molecule is O=C(Cc1ccn[nH]1)N1CCOC(CO)C1. The quantitative estimate of drug-likeness (QED) is 0.704. The third-order valence-electron chi connectivity index (χ3n) is 2.60. The van der Waals surface area contributed by atoms with Crippen molar-refractivity contribution in [1.82, 2.24) is 15.1 Å². The van der Waals surface area contributed by atoms with Gasteiger partial charge in [0.1, 0.15) is 0 Å². The second kappa shape index (κ2) is 5.09. The van der Waals surface area contributed by atoms with Crippen molar-refractivity contribution in [2.45, 2.75) is 12.5 Å². The highest BCUT2D eigenvalue weighted by Gasteiger charge is 2.23. The van der Waals surface area contributed by atoms with Gasteiger partial charge < -0.3 is 14.7 Å². The lowest BCUT2D eigenvalue weighted by atomic mass is 10.2. The van der Waals surface area contributed by atoms with E-state index in [-0.39, 0.29) is 18.6 Å². The lowest BCUT2D eigenvalue weighted by molar-refractivity contribution is -0.139. The summed E-state index contributed by atoms with van der Waals surface area (Å²) in [6.07, 6.45) is 1.69. The number of morpholine rings is 1. The molecule has 88 valence electrons. The second-order valence-electron chi connectivity index (χ2n) is 3.77. The van der Waals surface area contributed by atoms with Crippen molar-refractivity contribution in [3.63, 3.8) is 0 Å². The van der Waals surface area contributed by atoms with Crippen molar-refractivity contribution >= 4 is 5.91 Å². The van der Waals surface area contributed by atoms with E-state index in [4.69, 9.17) is 9.84 Å². The number of amides is 1. The molecule has 1 aliphatic heterocycles. The zero-order chi connectivity index (χ0) is 11.4. The number of aliphatic hydroxyl groups is 1. The van der Waals surface area contributed by atoms with E-state index >= 15 is 0 Å². The van der Waals surface area contributed by atoms with Crippen molar-refractivity contribution in [2.75, 3.05) is 26.3 Å². The Kier molecular flexibility index (Phi) is 3.53. The second-order valence-corrected chi connectivity index (χ2v) is 3.77. The van der Waals surface area contributed by atoms with Crippen LogP contribution in [0.5, 0.6) is 0 Å². The van der Waals surface area contributed by atoms with Crippen molar-refractivity contribution < 1.29 is 14.6 Å². The number of aromatic amines is 1. The summed E-state index contributed by atoms with van der Waals surface area (Å²) < 4.78 is 5.28. The van der Waals surface area contributed by atoms with Gasteiger partial charge in [-0.05, 0) is 6.07 Å². The number of nitrogens with one attached hydrogen (secondary N) is 1. The van der Waals surface area contributed by atoms with Gasteiger partial charge in [0.25, 0.3) is 0 Å². The Balaban J connectivity index is 1.89. The van der Waals surface area contributed by atoms with Gasteiger partial charge in [-0.2, -0.15) is 5.10 Å². The van der Waals surface area contributed by atoms with Crippen LogP contribution in [-0.2, 0) is 16.0 Å². The highest BCUT2D eigenvalue weighted by molar-refractivity contribution is 5.78. The Morgan fingerprint density at radius 2 is 2.62 bits per heavy atom. The number of ether oxygens (including phenoxy) is 1. The van der Waals surface area contributed by atoms with Crippen LogP contribution in [0.2, 0.25) is 0 Å². The van der Waals surface area contributed by atoms with Gasteiger partial charge in [0.05, 0.1) is 25.7 Å². The number of carbonyl (C=O) groups is 1. The van der Waals surface area contributed by atoms with Crippen LogP contribution in [0.1, 0.15) is 5.69 Å². The molecular weight excluding hydrogens is 210 g/mol. The van der Waals surface area contributed by atoms with Crippen LogP contribution in [0.15, 0.2) is 12.3 Å². The van der Waals surface area contributed by atoms with Gasteiger partial charge >= 0.3 is 0 Å². The molecule has 1 saturated heterocycles. The topological polar surface area (TPSA) is 78.5 Å². The molecule has 16 heavy (non-hydrogen) atoms. The molecule has 2 N–H and O–H groups in total. The first-order valence-electron chi connectivity index (χ1n) is 5.28. The fourth-order valence-electron chi connectivity index (χ4n) is 1.71. The van der Waals surface area contributed by atoms with Gasteiger partial charge in [-0.25, -0.2) is 0 Å². The molecule has 1 atom stereocenters. The van der Waals surface area contributed by atoms with Crippen molar-refractivity contribution in [3.8, 4) is 0 Å². The molecular formula is C10H15N3O3. The zero-order valence-electron chi connectivity index (χ0n) is 8.93. The van der Waals surface area contributed by atoms with E-state index in [9.17, 15) is 4.79 Å². The molecule has 6 nitrogen and oxygen atoms in total. The Morgan fingerprint density at radius 1 is 1.75 bits per heavy atom. The van der Waals surface area contributed by atoms with Crippen LogP contribution in [0.3, 0.4) is 0 Å². The standard InChI is InChI=1S/C10H15N3O3/c14-7-9-6-13(3-4-16-9)10(15)5-8-1-2-11-12-8/h1-2,9,14H,3-7H2,(H,11,12). The number of hydrogen-bond acceptors (Lipinski definition) is 4. The summed E-state index contributed by atoms with van der Waals surface area (Å²) in [7, 11) is 0. The Bertz CT molecular complexity index is 339. The molecule has 6 heteroatoms. The van der Waals surface area contributed by atoms with Gasteiger partial charge in [0.2, 0.25) is 5.91 Å². The van der Waals surface area contributed by atoms with E-state index in [2.05, 4.69) is 10.2 Å². The average Bonchev–Trinajstić information content (AvgIpc) is 2.82. The first-order valence-corrected chi connectivity index (χ1v) is 5.28. The van der Waals surface area contributed by atoms with E-state index in [1.807, 2.05) is 0 Å². The summed E-state index contributed by atoms with van der Waals surface area (Å²) in [5, 5.41) is 15.5. The monoisotopic (exact) mass is 225 g/mol. The van der Waals surface area contributed by atoms with Gasteiger partial charge in [-0.15, -0.1) is 0 Å². The van der Waals surface area contributed by atoms with Crippen LogP contribution < -0.4 is 0 Å². The fourth-order valence-corrected chi connectivity index (χ4v) is 1.71. The minimum Gasteiger partial charge on any atom is -0.394 e. The fraction of sp³-hybridized carbons (Fsp3) is 0.600. The molecule has 1 aromatic rings. The molecule has 0 radical (unpaired) electrons. The minimum atomic E-state index is -0.250. The first-order chi connectivity index (χ1) is 7.79. The molecule has 0 aliphatic carbocycles. The number of nitrogens with zero attached hydrogens (tertiary/aromatic N) is 2. The predicted octanol–water partition coefficient (Wildman–Crippen LogP) is -0.828. The van der Waals surface area contributed by atoms with E-state index in [0.29, 0.717) is 26.1 Å². The molecule has 1 unspecified atom stereocenters. The third kappa shape index (κ3) is 2.59. The number of carbonyl (C=O) groups excluding carboxylic acids is 1. The minimum absolute atomic E-state index is 0.0333. The lowest BCUT2D eigenvalue weighted by Gasteiger charge is -2.32. The zero-order valence-corrected chi connectivity index (χ0v) is 8.93. The third-order valence-corrected chi connectivity index (χ3v) is 2.60. The van der Waals surface area contributed by atoms with Crippen LogP contribution in [0, 0.1) is 0 Å². The van der Waals surface area contributed by atoms with Crippen molar-refractivity contribution in [1.29, 1.82) is 0 Å². The van der Waals surface area contributed by atoms with Crippen LogP contribution in [-0.4, -0.2) is 58.5 Å². The lowest BCUT2D eigenvalue weighted by Crippen LogP contribution is -2.47. The summed E-state index contributed by atoms with van der Waals surface area (Å²) >= 11 is 0. The van der Waals surface area contributed by atoms with Gasteiger partial charge in [0.15, 0.2) is 0 Å². The molecule has 1 aliphatic rings. The molecule has 0 bridgehead atoms. The predicted molar refractivity (Wildman–Crippen MR) is 55.7 cm³/mol. The summed E-state index contributed by atoms with van der Waals surface area (Å²) in [5.74, 6) is 0.0333. The van der Waals surface area contributed by atoms with Crippen LogP contribution >= 0.6 is 0 Å². The van der Waals surface area contributed by atoms with E-state index in [1.54, 1.807) is 17.2 Å². The molecule has 0 spiro atoms. The molecule has 1 fully saturated rings. The van der Waals surface area contributed by atoms with Crippen LogP contribution in [0.4, 0.5) is 0 Å². The van der Waals surface area contributed by atoms with E-state index < -0.39 is 0 Å². The number of aromatic nitrogens is 2. The molecule has 0 aromatic carbocycles. The van der Waals surface area contributed by atoms with Crippen LogP contribution in [0.25, 0.3) is 0 Å². The maximum atomic E-state index is 11.9. The van der Waals surface area contributed by atoms with Crippen molar-refractivity contribution in [2.24, 2.45) is 0 Å². The largest absolute Gasteiger partial charge is 0.394 e. The summed E-state index contributed by atoms with van der Waals surface area (Å²) in [4.78, 5) is 13.6. The number of hydrogen-bond donors (Lipinski definition) is 2. The highest BCUT2D eigenvalue weighted by Crippen LogP contribution is 2.07. The van der Waals surface area contributed by atoms with E-state index in [1.165, 1.54) is 0 Å². The maximum absolute atomic E-state index is 11.9. The van der Waals surface area contributed by atoms with Crippen molar-refractivity contribution in [3.05, 3.63) is 18.0 Å². The molecule has 2 heterocycles. The van der Waals surface area contributed by atoms with Gasteiger partial charge in [0, 0.05) is 25.0 Å². The first kappa shape index (κ1) is 11.1. The molecule has 1 aromatic heterocycles. The van der Waals surface area contributed by atoms with E-state index in [0.717, 1.165) is 5.69 Å². The smallest absolute Gasteiger partial charge is 0.228 e. The highest BCUT2D eigenvalue weighted by atomic mass is 16.5. The Morgan fingerprint density at radius 3 is 3.31 bits per heavy atom. The average molecular weight is 225 g/mol. The molecule has 2 rings (SSSR count). The molecule has 0 saturated carbocycles. The number of aliphatic hydroxyl groups excluding tert-OH is 1.